The molecule has 2 rings (SSSR count). The first kappa shape index (κ1) is 11.4. The topological polar surface area (TPSA) is 34.1 Å². The van der Waals surface area contributed by atoms with Crippen LogP contribution in [0.3, 0.4) is 0 Å². The molecule has 2 aromatic carbocycles. The van der Waals surface area contributed by atoms with Crippen molar-refractivity contribution < 1.29 is 8.42 Å². The maximum absolute atomic E-state index is 12.2. The third-order valence-electron chi connectivity index (χ3n) is 2.38. The van der Waals surface area contributed by atoms with Gasteiger partial charge in [0.15, 0.2) is 0 Å². The third kappa shape index (κ3) is 2.22. The lowest BCUT2D eigenvalue weighted by molar-refractivity contribution is 0.596. The Kier molecular flexibility index (Phi) is 2.99. The zero-order valence-corrected chi connectivity index (χ0v) is 9.81. The molecule has 0 saturated carbocycles. The van der Waals surface area contributed by atoms with E-state index in [0.717, 1.165) is 0 Å². The summed E-state index contributed by atoms with van der Waals surface area (Å²) in [4.78, 5) is 0.538. The fourth-order valence-electron chi connectivity index (χ4n) is 1.47. The molecule has 0 amide bonds. The van der Waals surface area contributed by atoms with Crippen LogP contribution in [-0.2, 0) is 9.84 Å². The zero-order valence-electron chi connectivity index (χ0n) is 9.00. The Labute approximate surface area is 101 Å². The molecule has 0 saturated heterocycles. The highest BCUT2D eigenvalue weighted by Gasteiger charge is 2.16. The van der Waals surface area contributed by atoms with Crippen molar-refractivity contribution in [2.45, 2.75) is 9.79 Å². The first-order valence-electron chi connectivity index (χ1n) is 5.01. The van der Waals surface area contributed by atoms with Gasteiger partial charge in [0.25, 0.3) is 0 Å². The molecule has 0 radical (unpaired) electrons. The van der Waals surface area contributed by atoms with Gasteiger partial charge in [-0.1, -0.05) is 24.1 Å². The Morgan fingerprint density at radius 1 is 0.824 bits per heavy atom. The van der Waals surface area contributed by atoms with Crippen molar-refractivity contribution >= 4 is 9.84 Å². The van der Waals surface area contributed by atoms with Gasteiger partial charge >= 0.3 is 0 Å². The van der Waals surface area contributed by atoms with Crippen molar-refractivity contribution in [2.75, 3.05) is 0 Å². The fraction of sp³-hybridized carbons (Fsp3) is 0. The van der Waals surface area contributed by atoms with Crippen LogP contribution in [0.2, 0.25) is 0 Å². The number of terminal acetylenes is 1. The van der Waals surface area contributed by atoms with Crippen molar-refractivity contribution in [3.63, 3.8) is 0 Å². The molecule has 84 valence electrons. The highest BCUT2D eigenvalue weighted by Crippen LogP contribution is 2.20. The summed E-state index contributed by atoms with van der Waals surface area (Å²) in [5, 5.41) is 0. The lowest BCUT2D eigenvalue weighted by atomic mass is 10.2. The summed E-state index contributed by atoms with van der Waals surface area (Å²) >= 11 is 0. The van der Waals surface area contributed by atoms with E-state index in [-0.39, 0.29) is 9.79 Å². The second-order valence-corrected chi connectivity index (χ2v) is 5.43. The molecule has 17 heavy (non-hydrogen) atoms. The van der Waals surface area contributed by atoms with E-state index in [1.165, 1.54) is 12.1 Å². The van der Waals surface area contributed by atoms with E-state index < -0.39 is 9.84 Å². The van der Waals surface area contributed by atoms with Crippen LogP contribution in [0.15, 0.2) is 64.4 Å². The largest absolute Gasteiger partial charge is 0.219 e. The Balaban J connectivity index is 2.50. The average molecular weight is 242 g/mol. The van der Waals surface area contributed by atoms with Gasteiger partial charge in [0, 0.05) is 5.56 Å². The molecular formula is C14H10O2S. The van der Waals surface area contributed by atoms with Gasteiger partial charge in [0.05, 0.1) is 9.79 Å². The molecule has 0 aliphatic heterocycles. The van der Waals surface area contributed by atoms with Gasteiger partial charge in [0.2, 0.25) is 9.84 Å². The predicted molar refractivity (Wildman–Crippen MR) is 66.3 cm³/mol. The van der Waals surface area contributed by atoms with Gasteiger partial charge in [-0.05, 0) is 36.4 Å². The summed E-state index contributed by atoms with van der Waals surface area (Å²) in [6, 6.07) is 14.6. The van der Waals surface area contributed by atoms with E-state index in [1.807, 2.05) is 0 Å². The van der Waals surface area contributed by atoms with Crippen LogP contribution < -0.4 is 0 Å². The minimum Gasteiger partial charge on any atom is -0.219 e. The summed E-state index contributed by atoms with van der Waals surface area (Å²) in [5.74, 6) is 2.45. The standard InChI is InChI=1S/C14H10O2S/c1-2-12-8-10-14(11-9-12)17(15,16)13-6-4-3-5-7-13/h1,3-11H. The molecule has 2 nitrogen and oxygen atoms in total. The normalized spacial score (nSPS) is 10.8. The molecule has 0 aliphatic rings. The molecule has 0 fully saturated rings. The summed E-state index contributed by atoms with van der Waals surface area (Å²) < 4.78 is 24.4. The average Bonchev–Trinajstić information content (AvgIpc) is 2.40. The summed E-state index contributed by atoms with van der Waals surface area (Å²) in [6.07, 6.45) is 5.22. The van der Waals surface area contributed by atoms with E-state index in [2.05, 4.69) is 5.92 Å². The molecule has 2 aromatic rings. The Morgan fingerprint density at radius 3 is 1.88 bits per heavy atom. The van der Waals surface area contributed by atoms with Crippen LogP contribution in [0.1, 0.15) is 5.56 Å². The van der Waals surface area contributed by atoms with E-state index >= 15 is 0 Å². The second kappa shape index (κ2) is 4.44. The molecule has 0 aliphatic carbocycles. The lowest BCUT2D eigenvalue weighted by Crippen LogP contribution is -2.01. The van der Waals surface area contributed by atoms with Crippen molar-refractivity contribution in [1.82, 2.24) is 0 Å². The molecular weight excluding hydrogens is 232 g/mol. The second-order valence-electron chi connectivity index (χ2n) is 3.49. The van der Waals surface area contributed by atoms with Crippen molar-refractivity contribution in [2.24, 2.45) is 0 Å². The zero-order chi connectivity index (χ0) is 12.3. The molecule has 0 heterocycles. The minimum absolute atomic E-state index is 0.253. The van der Waals surface area contributed by atoms with Gasteiger partial charge in [-0.15, -0.1) is 6.42 Å². The van der Waals surface area contributed by atoms with Crippen molar-refractivity contribution in [3.05, 3.63) is 60.2 Å². The summed E-state index contributed by atoms with van der Waals surface area (Å²) in [6.45, 7) is 0. The Bertz CT molecular complexity index is 648. The Hall–Kier alpha value is -2.05. The van der Waals surface area contributed by atoms with E-state index in [1.54, 1.807) is 42.5 Å². The van der Waals surface area contributed by atoms with Crippen LogP contribution in [0.25, 0.3) is 0 Å². The predicted octanol–water partition coefficient (Wildman–Crippen LogP) is 2.50. The molecule has 0 spiro atoms. The minimum atomic E-state index is -3.43. The SMILES string of the molecule is C#Cc1ccc(S(=O)(=O)c2ccccc2)cc1. The van der Waals surface area contributed by atoms with Crippen LogP contribution in [-0.4, -0.2) is 8.42 Å². The molecule has 0 aromatic heterocycles. The number of rotatable bonds is 2. The first-order valence-corrected chi connectivity index (χ1v) is 6.50. The van der Waals surface area contributed by atoms with Gasteiger partial charge < -0.3 is 0 Å². The third-order valence-corrected chi connectivity index (χ3v) is 4.17. The van der Waals surface area contributed by atoms with Gasteiger partial charge in [-0.2, -0.15) is 0 Å². The fourth-order valence-corrected chi connectivity index (χ4v) is 2.75. The first-order chi connectivity index (χ1) is 8.14. The molecule has 0 unspecified atom stereocenters. The number of sulfone groups is 1. The van der Waals surface area contributed by atoms with Crippen molar-refractivity contribution in [1.29, 1.82) is 0 Å². The van der Waals surface area contributed by atoms with Crippen molar-refractivity contribution in [3.8, 4) is 12.3 Å². The highest BCUT2D eigenvalue weighted by molar-refractivity contribution is 7.91. The van der Waals surface area contributed by atoms with Crippen LogP contribution >= 0.6 is 0 Å². The summed E-state index contributed by atoms with van der Waals surface area (Å²) in [5.41, 5.74) is 0.664. The summed E-state index contributed by atoms with van der Waals surface area (Å²) in [7, 11) is -3.43. The smallest absolute Gasteiger partial charge is 0.206 e. The number of hydrogen-bond acceptors (Lipinski definition) is 2. The maximum Gasteiger partial charge on any atom is 0.206 e. The quantitative estimate of drug-likeness (QED) is 0.758. The monoisotopic (exact) mass is 242 g/mol. The molecule has 0 atom stereocenters. The molecule has 3 heteroatoms. The van der Waals surface area contributed by atoms with Gasteiger partial charge in [0.1, 0.15) is 0 Å². The van der Waals surface area contributed by atoms with Crippen LogP contribution in [0.4, 0.5) is 0 Å². The lowest BCUT2D eigenvalue weighted by Gasteiger charge is -2.04. The van der Waals surface area contributed by atoms with Gasteiger partial charge in [-0.25, -0.2) is 8.42 Å². The van der Waals surface area contributed by atoms with Crippen LogP contribution in [0.5, 0.6) is 0 Å². The maximum atomic E-state index is 12.2. The number of hydrogen-bond donors (Lipinski definition) is 0. The molecule has 0 N–H and O–H groups in total. The Morgan fingerprint density at radius 2 is 1.35 bits per heavy atom. The van der Waals surface area contributed by atoms with E-state index in [9.17, 15) is 8.42 Å². The van der Waals surface area contributed by atoms with Crippen LogP contribution in [0, 0.1) is 12.3 Å². The molecule has 0 bridgehead atoms. The van der Waals surface area contributed by atoms with E-state index in [0.29, 0.717) is 5.56 Å². The number of benzene rings is 2. The van der Waals surface area contributed by atoms with E-state index in [4.69, 9.17) is 6.42 Å². The highest BCUT2D eigenvalue weighted by atomic mass is 32.2. The van der Waals surface area contributed by atoms with Gasteiger partial charge in [-0.3, -0.25) is 0 Å².